The molecular weight excluding hydrogens is 264 g/mol. The molecule has 106 valence electrons. The third-order valence-electron chi connectivity index (χ3n) is 2.83. The zero-order valence-electron chi connectivity index (χ0n) is 11.0. The van der Waals surface area contributed by atoms with E-state index in [1.807, 2.05) is 37.3 Å². The SMILES string of the molecule is CCC(C(=O)NCCCS(N)(=O)=O)c1ccccc1. The molecule has 0 bridgehead atoms. The molecule has 0 radical (unpaired) electrons. The fourth-order valence-corrected chi connectivity index (χ4v) is 2.41. The molecule has 3 N–H and O–H groups in total. The highest BCUT2D eigenvalue weighted by Gasteiger charge is 2.17. The minimum absolute atomic E-state index is 0.0804. The van der Waals surface area contributed by atoms with Crippen molar-refractivity contribution in [1.82, 2.24) is 5.32 Å². The Morgan fingerprint density at radius 2 is 1.95 bits per heavy atom. The largest absolute Gasteiger partial charge is 0.356 e. The lowest BCUT2D eigenvalue weighted by Gasteiger charge is -2.15. The lowest BCUT2D eigenvalue weighted by atomic mass is 9.96. The lowest BCUT2D eigenvalue weighted by Crippen LogP contribution is -2.31. The molecule has 1 unspecified atom stereocenters. The van der Waals surface area contributed by atoms with E-state index in [1.165, 1.54) is 0 Å². The summed E-state index contributed by atoms with van der Waals surface area (Å²) in [5.74, 6) is -0.395. The Morgan fingerprint density at radius 1 is 1.32 bits per heavy atom. The molecular formula is C13H20N2O3S. The van der Waals surface area contributed by atoms with Crippen LogP contribution >= 0.6 is 0 Å². The Bertz CT molecular complexity index is 500. The summed E-state index contributed by atoms with van der Waals surface area (Å²) in [6.45, 7) is 2.26. The predicted molar refractivity (Wildman–Crippen MR) is 75.1 cm³/mol. The van der Waals surface area contributed by atoms with Gasteiger partial charge in [0.2, 0.25) is 15.9 Å². The maximum Gasteiger partial charge on any atom is 0.227 e. The Balaban J connectivity index is 2.47. The van der Waals surface area contributed by atoms with Crippen LogP contribution < -0.4 is 10.5 Å². The van der Waals surface area contributed by atoms with Crippen LogP contribution in [0.1, 0.15) is 31.2 Å². The third-order valence-corrected chi connectivity index (χ3v) is 3.69. The van der Waals surface area contributed by atoms with Crippen molar-refractivity contribution < 1.29 is 13.2 Å². The number of amides is 1. The van der Waals surface area contributed by atoms with Crippen LogP contribution in [0.25, 0.3) is 0 Å². The molecule has 19 heavy (non-hydrogen) atoms. The van der Waals surface area contributed by atoms with Gasteiger partial charge < -0.3 is 5.32 Å². The van der Waals surface area contributed by atoms with E-state index in [1.54, 1.807) is 0 Å². The molecule has 5 nitrogen and oxygen atoms in total. The van der Waals surface area contributed by atoms with Crippen molar-refractivity contribution in [1.29, 1.82) is 0 Å². The van der Waals surface area contributed by atoms with E-state index in [0.29, 0.717) is 19.4 Å². The molecule has 0 fully saturated rings. The van der Waals surface area contributed by atoms with Gasteiger partial charge in [0.05, 0.1) is 11.7 Å². The summed E-state index contributed by atoms with van der Waals surface area (Å²) in [7, 11) is -3.45. The number of primary sulfonamides is 1. The van der Waals surface area contributed by atoms with Crippen LogP contribution in [0.2, 0.25) is 0 Å². The highest BCUT2D eigenvalue weighted by atomic mass is 32.2. The van der Waals surface area contributed by atoms with Crippen molar-refractivity contribution in [2.75, 3.05) is 12.3 Å². The minimum Gasteiger partial charge on any atom is -0.356 e. The van der Waals surface area contributed by atoms with Crippen LogP contribution in [0.15, 0.2) is 30.3 Å². The van der Waals surface area contributed by atoms with E-state index in [4.69, 9.17) is 5.14 Å². The molecule has 0 spiro atoms. The van der Waals surface area contributed by atoms with Gasteiger partial charge in [0.25, 0.3) is 0 Å². The quantitative estimate of drug-likeness (QED) is 0.731. The summed E-state index contributed by atoms with van der Waals surface area (Å²) in [6.07, 6.45) is 1.03. The highest BCUT2D eigenvalue weighted by molar-refractivity contribution is 7.89. The molecule has 1 aromatic rings. The van der Waals surface area contributed by atoms with Gasteiger partial charge in [-0.05, 0) is 18.4 Å². The van der Waals surface area contributed by atoms with E-state index in [-0.39, 0.29) is 17.6 Å². The standard InChI is InChI=1S/C13H20N2O3S/c1-2-12(11-7-4-3-5-8-11)13(16)15-9-6-10-19(14,17)18/h3-5,7-8,12H,2,6,9-10H2,1H3,(H,15,16)(H2,14,17,18). The third kappa shape index (κ3) is 5.85. The number of benzene rings is 1. The Kier molecular flexibility index (Phi) is 5.98. The van der Waals surface area contributed by atoms with E-state index in [0.717, 1.165) is 5.56 Å². The molecule has 1 aromatic carbocycles. The lowest BCUT2D eigenvalue weighted by molar-refractivity contribution is -0.122. The first-order valence-corrected chi connectivity index (χ1v) is 7.98. The monoisotopic (exact) mass is 284 g/mol. The topological polar surface area (TPSA) is 89.3 Å². The molecule has 0 aliphatic rings. The second kappa shape index (κ2) is 7.25. The Hall–Kier alpha value is -1.40. The van der Waals surface area contributed by atoms with E-state index >= 15 is 0 Å². The van der Waals surface area contributed by atoms with Gasteiger partial charge in [0.1, 0.15) is 0 Å². The van der Waals surface area contributed by atoms with Crippen LogP contribution in [0.4, 0.5) is 0 Å². The highest BCUT2D eigenvalue weighted by Crippen LogP contribution is 2.18. The number of carbonyl (C=O) groups excluding carboxylic acids is 1. The van der Waals surface area contributed by atoms with Crippen molar-refractivity contribution in [2.45, 2.75) is 25.7 Å². The molecule has 0 heterocycles. The first-order chi connectivity index (χ1) is 8.94. The van der Waals surface area contributed by atoms with Gasteiger partial charge in [0, 0.05) is 6.54 Å². The van der Waals surface area contributed by atoms with Crippen molar-refractivity contribution in [3.63, 3.8) is 0 Å². The molecule has 1 atom stereocenters. The van der Waals surface area contributed by atoms with Gasteiger partial charge >= 0.3 is 0 Å². The van der Waals surface area contributed by atoms with Crippen molar-refractivity contribution in [3.8, 4) is 0 Å². The predicted octanol–water partition coefficient (Wildman–Crippen LogP) is 0.975. The van der Waals surface area contributed by atoms with Crippen LogP contribution in [-0.2, 0) is 14.8 Å². The van der Waals surface area contributed by atoms with Gasteiger partial charge in [-0.3, -0.25) is 4.79 Å². The second-order valence-corrected chi connectivity index (χ2v) is 6.12. The molecule has 1 rings (SSSR count). The maximum absolute atomic E-state index is 12.0. The van der Waals surface area contributed by atoms with Crippen LogP contribution in [0.5, 0.6) is 0 Å². The van der Waals surface area contributed by atoms with Crippen molar-refractivity contribution in [3.05, 3.63) is 35.9 Å². The Labute approximate surface area is 114 Å². The van der Waals surface area contributed by atoms with Gasteiger partial charge in [-0.15, -0.1) is 0 Å². The normalized spacial score (nSPS) is 12.9. The van der Waals surface area contributed by atoms with Crippen LogP contribution in [0, 0.1) is 0 Å². The van der Waals surface area contributed by atoms with E-state index < -0.39 is 10.0 Å². The zero-order chi connectivity index (χ0) is 14.3. The molecule has 0 saturated heterocycles. The van der Waals surface area contributed by atoms with Crippen LogP contribution in [-0.4, -0.2) is 26.6 Å². The fraction of sp³-hybridized carbons (Fsp3) is 0.462. The fourth-order valence-electron chi connectivity index (χ4n) is 1.87. The number of sulfonamides is 1. The maximum atomic E-state index is 12.0. The molecule has 6 heteroatoms. The van der Waals surface area contributed by atoms with Crippen LogP contribution in [0.3, 0.4) is 0 Å². The van der Waals surface area contributed by atoms with Gasteiger partial charge in [0.15, 0.2) is 0 Å². The summed E-state index contributed by atoms with van der Waals surface area (Å²) < 4.78 is 21.5. The number of hydrogen-bond acceptors (Lipinski definition) is 3. The minimum atomic E-state index is -3.45. The summed E-state index contributed by atoms with van der Waals surface area (Å²) in [4.78, 5) is 12.0. The van der Waals surface area contributed by atoms with E-state index in [2.05, 4.69) is 5.32 Å². The summed E-state index contributed by atoms with van der Waals surface area (Å²) in [5.41, 5.74) is 0.967. The average Bonchev–Trinajstić information content (AvgIpc) is 2.36. The number of nitrogens with one attached hydrogen (secondary N) is 1. The number of carbonyl (C=O) groups is 1. The average molecular weight is 284 g/mol. The van der Waals surface area contributed by atoms with Gasteiger partial charge in [-0.1, -0.05) is 37.3 Å². The summed E-state index contributed by atoms with van der Waals surface area (Å²) in [5, 5.41) is 7.63. The first kappa shape index (κ1) is 15.7. The van der Waals surface area contributed by atoms with E-state index in [9.17, 15) is 13.2 Å². The van der Waals surface area contributed by atoms with Gasteiger partial charge in [-0.25, -0.2) is 13.6 Å². The molecule has 0 aromatic heterocycles. The molecule has 1 amide bonds. The number of hydrogen-bond donors (Lipinski definition) is 2. The first-order valence-electron chi connectivity index (χ1n) is 6.27. The van der Waals surface area contributed by atoms with Crippen molar-refractivity contribution in [2.24, 2.45) is 5.14 Å². The number of rotatable bonds is 7. The second-order valence-electron chi connectivity index (χ2n) is 4.38. The van der Waals surface area contributed by atoms with Gasteiger partial charge in [-0.2, -0.15) is 0 Å². The molecule has 0 aliphatic carbocycles. The summed E-state index contributed by atoms with van der Waals surface area (Å²) in [6, 6.07) is 9.52. The zero-order valence-corrected chi connectivity index (χ0v) is 11.8. The van der Waals surface area contributed by atoms with Crippen molar-refractivity contribution >= 4 is 15.9 Å². The smallest absolute Gasteiger partial charge is 0.227 e. The molecule has 0 aliphatic heterocycles. The molecule has 0 saturated carbocycles. The summed E-state index contributed by atoms with van der Waals surface area (Å²) >= 11 is 0. The Morgan fingerprint density at radius 3 is 2.47 bits per heavy atom. The number of nitrogens with two attached hydrogens (primary N) is 1.